The number of aliphatic hydroxyl groups is 11. The quantitative estimate of drug-likeness (QED) is 0.0421. The van der Waals surface area contributed by atoms with Gasteiger partial charge in [-0.05, 0) is 12.8 Å². The number of ether oxygens (including phenoxy) is 6. The van der Waals surface area contributed by atoms with Gasteiger partial charge in [0, 0.05) is 6.42 Å². The molecule has 0 saturated carbocycles. The summed E-state index contributed by atoms with van der Waals surface area (Å²) < 4.78 is 33.8. The second-order valence-corrected chi connectivity index (χ2v) is 15.1. The van der Waals surface area contributed by atoms with Gasteiger partial charge in [0.15, 0.2) is 18.9 Å². The molecule has 3 saturated heterocycles. The molecule has 3 rings (SSSR count). The summed E-state index contributed by atoms with van der Waals surface area (Å²) in [5, 5.41) is 118. The lowest BCUT2D eigenvalue weighted by Gasteiger charge is -2.48. The summed E-state index contributed by atoms with van der Waals surface area (Å²) >= 11 is 0. The van der Waals surface area contributed by atoms with Crippen molar-refractivity contribution < 1.29 is 89.4 Å². The first-order valence-electron chi connectivity index (χ1n) is 20.3. The van der Waals surface area contributed by atoms with Gasteiger partial charge in [-0.25, -0.2) is 0 Å². The van der Waals surface area contributed by atoms with Crippen molar-refractivity contribution in [3.8, 4) is 0 Å². The summed E-state index contributed by atoms with van der Waals surface area (Å²) in [6.45, 7) is 1.53. The topological polar surface area (TPSA) is 307 Å². The first kappa shape index (κ1) is 49.2. The Kier molecular flexibility index (Phi) is 22.3. The molecule has 19 heteroatoms. The average molecular weight is 816 g/mol. The van der Waals surface area contributed by atoms with Gasteiger partial charge in [-0.15, -0.1) is 0 Å². The molecule has 1 amide bonds. The molecule has 17 unspecified atom stereocenters. The number of hydrogen-bond donors (Lipinski definition) is 12. The normalized spacial score (nSPS) is 37.6. The van der Waals surface area contributed by atoms with Gasteiger partial charge in [0.05, 0.1) is 38.6 Å². The minimum absolute atomic E-state index is 0.263. The Bertz CT molecular complexity index is 1070. The standard InChI is InChI=1S/C37H69NO18/c1-3-5-7-9-11-13-15-25(43)38-20(21(42)14-12-10-8-6-4-2)19-51-35-31(49)28(46)33(23(17-40)53-35)56-37-32(50)29(47)34(24(18-41)54-37)55-36-30(48)27(45)26(44)22(16-39)52-36/h20-24,26-37,39-42,44-50H,3-19H2,1-2H3,(H,38,43). The van der Waals surface area contributed by atoms with E-state index in [1.54, 1.807) is 0 Å². The number of carbonyl (C=O) groups is 1. The van der Waals surface area contributed by atoms with Crippen molar-refractivity contribution in [2.75, 3.05) is 26.4 Å². The monoisotopic (exact) mass is 815 g/mol. The third-order valence-electron chi connectivity index (χ3n) is 10.7. The van der Waals surface area contributed by atoms with E-state index >= 15 is 0 Å². The number of unbranched alkanes of at least 4 members (excludes halogenated alkanes) is 9. The van der Waals surface area contributed by atoms with E-state index in [4.69, 9.17) is 28.4 Å². The SMILES string of the molecule is CCCCCCCCC(=O)NC(COC1OC(CO)C(OC2OC(CO)C(OC3OC(CO)C(O)C(O)C3O)C(O)C2O)C(O)C1O)C(O)CCCCCCC. The molecule has 0 spiro atoms. The van der Waals surface area contributed by atoms with Crippen molar-refractivity contribution in [1.29, 1.82) is 0 Å². The average Bonchev–Trinajstić information content (AvgIpc) is 3.19. The molecule has 17 atom stereocenters. The summed E-state index contributed by atoms with van der Waals surface area (Å²) in [7, 11) is 0. The minimum Gasteiger partial charge on any atom is -0.394 e. The minimum atomic E-state index is -1.96. The molecule has 0 aromatic carbocycles. The molecule has 0 radical (unpaired) electrons. The first-order chi connectivity index (χ1) is 26.8. The van der Waals surface area contributed by atoms with Gasteiger partial charge in [0.2, 0.25) is 5.91 Å². The van der Waals surface area contributed by atoms with Crippen LogP contribution in [0.2, 0.25) is 0 Å². The summed E-state index contributed by atoms with van der Waals surface area (Å²) in [6, 6.07) is -0.871. The third-order valence-corrected chi connectivity index (χ3v) is 10.7. The Morgan fingerprint density at radius 1 is 0.571 bits per heavy atom. The number of hydrogen-bond acceptors (Lipinski definition) is 18. The molecule has 0 aliphatic carbocycles. The molecule has 0 aromatic heterocycles. The Labute approximate surface area is 328 Å². The Morgan fingerprint density at radius 3 is 1.55 bits per heavy atom. The summed E-state index contributed by atoms with van der Waals surface area (Å²) in [5.74, 6) is -0.263. The van der Waals surface area contributed by atoms with E-state index in [1.807, 2.05) is 0 Å². The predicted octanol–water partition coefficient (Wildman–Crippen LogP) is -2.59. The maximum atomic E-state index is 12.9. The maximum absolute atomic E-state index is 12.9. The number of nitrogens with one attached hydrogen (secondary N) is 1. The molecular weight excluding hydrogens is 746 g/mol. The molecule has 3 fully saturated rings. The molecule has 3 heterocycles. The Morgan fingerprint density at radius 2 is 1.02 bits per heavy atom. The smallest absolute Gasteiger partial charge is 0.220 e. The Hall–Kier alpha value is -1.21. The van der Waals surface area contributed by atoms with Crippen LogP contribution in [0, 0.1) is 0 Å². The second kappa shape index (κ2) is 25.4. The summed E-state index contributed by atoms with van der Waals surface area (Å²) in [4.78, 5) is 12.9. The number of amides is 1. The molecule has 3 aliphatic heterocycles. The molecular formula is C37H69NO18. The molecule has 330 valence electrons. The van der Waals surface area contributed by atoms with Crippen LogP contribution in [0.25, 0.3) is 0 Å². The maximum Gasteiger partial charge on any atom is 0.220 e. The molecule has 19 nitrogen and oxygen atoms in total. The van der Waals surface area contributed by atoms with Crippen LogP contribution >= 0.6 is 0 Å². The molecule has 0 aromatic rings. The van der Waals surface area contributed by atoms with Crippen LogP contribution in [-0.2, 0) is 33.2 Å². The van der Waals surface area contributed by atoms with Crippen molar-refractivity contribution in [1.82, 2.24) is 5.32 Å². The van der Waals surface area contributed by atoms with Gasteiger partial charge in [0.25, 0.3) is 0 Å². The fourth-order valence-corrected chi connectivity index (χ4v) is 7.13. The van der Waals surface area contributed by atoms with Gasteiger partial charge in [-0.1, -0.05) is 78.1 Å². The van der Waals surface area contributed by atoms with Crippen LogP contribution in [0.4, 0.5) is 0 Å². The zero-order chi connectivity index (χ0) is 41.4. The Balaban J connectivity index is 1.63. The van der Waals surface area contributed by atoms with Crippen LogP contribution in [0.3, 0.4) is 0 Å². The molecule has 3 aliphatic rings. The fraction of sp³-hybridized carbons (Fsp3) is 0.973. The van der Waals surface area contributed by atoms with Crippen molar-refractivity contribution in [2.45, 2.75) is 202 Å². The van der Waals surface area contributed by atoms with E-state index in [1.165, 1.54) is 0 Å². The fourth-order valence-electron chi connectivity index (χ4n) is 7.13. The zero-order valence-corrected chi connectivity index (χ0v) is 32.6. The zero-order valence-electron chi connectivity index (χ0n) is 32.6. The van der Waals surface area contributed by atoms with Crippen molar-refractivity contribution in [3.63, 3.8) is 0 Å². The summed E-state index contributed by atoms with van der Waals surface area (Å²) in [6.07, 6.45) is -15.0. The highest BCUT2D eigenvalue weighted by molar-refractivity contribution is 5.76. The highest BCUT2D eigenvalue weighted by Gasteiger charge is 2.53. The number of rotatable bonds is 25. The lowest BCUT2D eigenvalue weighted by Crippen LogP contribution is -2.66. The van der Waals surface area contributed by atoms with Gasteiger partial charge in [-0.2, -0.15) is 0 Å². The van der Waals surface area contributed by atoms with E-state index < -0.39 is 124 Å². The van der Waals surface area contributed by atoms with E-state index in [9.17, 15) is 61.0 Å². The number of carbonyl (C=O) groups excluding carboxylic acids is 1. The second-order valence-electron chi connectivity index (χ2n) is 15.1. The van der Waals surface area contributed by atoms with Gasteiger partial charge < -0.3 is 89.9 Å². The van der Waals surface area contributed by atoms with E-state index in [2.05, 4.69) is 19.2 Å². The van der Waals surface area contributed by atoms with Crippen LogP contribution in [0.1, 0.15) is 97.3 Å². The van der Waals surface area contributed by atoms with Crippen LogP contribution in [0.15, 0.2) is 0 Å². The van der Waals surface area contributed by atoms with E-state index in [-0.39, 0.29) is 18.9 Å². The van der Waals surface area contributed by atoms with Crippen molar-refractivity contribution in [2.24, 2.45) is 0 Å². The molecule has 56 heavy (non-hydrogen) atoms. The van der Waals surface area contributed by atoms with Gasteiger partial charge in [-0.3, -0.25) is 4.79 Å². The van der Waals surface area contributed by atoms with Crippen LogP contribution in [-0.4, -0.2) is 193 Å². The lowest BCUT2D eigenvalue weighted by molar-refractivity contribution is -0.379. The lowest BCUT2D eigenvalue weighted by atomic mass is 9.96. The van der Waals surface area contributed by atoms with Gasteiger partial charge >= 0.3 is 0 Å². The van der Waals surface area contributed by atoms with E-state index in [0.717, 1.165) is 64.2 Å². The first-order valence-corrected chi connectivity index (χ1v) is 20.3. The summed E-state index contributed by atoms with van der Waals surface area (Å²) in [5.41, 5.74) is 0. The third kappa shape index (κ3) is 13.9. The largest absolute Gasteiger partial charge is 0.394 e. The van der Waals surface area contributed by atoms with Gasteiger partial charge in [0.1, 0.15) is 73.2 Å². The van der Waals surface area contributed by atoms with Crippen LogP contribution in [0.5, 0.6) is 0 Å². The predicted molar refractivity (Wildman–Crippen MR) is 194 cm³/mol. The van der Waals surface area contributed by atoms with Crippen molar-refractivity contribution in [3.05, 3.63) is 0 Å². The van der Waals surface area contributed by atoms with E-state index in [0.29, 0.717) is 12.8 Å². The highest BCUT2D eigenvalue weighted by Crippen LogP contribution is 2.33. The van der Waals surface area contributed by atoms with Crippen molar-refractivity contribution >= 4 is 5.91 Å². The van der Waals surface area contributed by atoms with Crippen LogP contribution < -0.4 is 5.32 Å². The highest BCUT2D eigenvalue weighted by atomic mass is 16.8. The number of aliphatic hydroxyl groups excluding tert-OH is 11. The molecule has 12 N–H and O–H groups in total. The molecule has 0 bridgehead atoms.